The van der Waals surface area contributed by atoms with Gasteiger partial charge in [-0.3, -0.25) is 0 Å². The first kappa shape index (κ1) is 13.4. The molecule has 0 amide bonds. The summed E-state index contributed by atoms with van der Waals surface area (Å²) in [6.45, 7) is 1.58. The molecule has 2 aromatic rings. The van der Waals surface area contributed by atoms with Crippen LogP contribution in [0.4, 0.5) is 5.69 Å². The number of carbonyl (C=O) groups is 1. The van der Waals surface area contributed by atoms with Crippen molar-refractivity contribution < 1.29 is 9.90 Å². The van der Waals surface area contributed by atoms with Gasteiger partial charge in [0.25, 0.3) is 0 Å². The van der Waals surface area contributed by atoms with E-state index >= 15 is 0 Å². The number of aromatic carboxylic acids is 1. The molecule has 4 nitrogen and oxygen atoms in total. The van der Waals surface area contributed by atoms with E-state index in [0.29, 0.717) is 16.4 Å². The summed E-state index contributed by atoms with van der Waals surface area (Å²) in [4.78, 5) is 17.7. The molecule has 0 spiro atoms. The molecule has 0 atom stereocenters. The highest BCUT2D eigenvalue weighted by Gasteiger charge is 2.22. The number of hydrogen-bond donors (Lipinski definition) is 1. The van der Waals surface area contributed by atoms with Crippen LogP contribution in [-0.2, 0) is 13.0 Å². The highest BCUT2D eigenvalue weighted by atomic mass is 35.5. The average Bonchev–Trinajstić information content (AvgIpc) is 2.84. The van der Waals surface area contributed by atoms with Crippen LogP contribution < -0.4 is 4.90 Å². The van der Waals surface area contributed by atoms with Gasteiger partial charge in [0.15, 0.2) is 0 Å². The molecular weight excluding hydrogens is 296 g/mol. The summed E-state index contributed by atoms with van der Waals surface area (Å²) in [5.41, 5.74) is 2.33. The van der Waals surface area contributed by atoms with Crippen LogP contribution in [0.25, 0.3) is 0 Å². The topological polar surface area (TPSA) is 53.4 Å². The number of carboxylic acids is 1. The molecule has 3 rings (SSSR count). The quantitative estimate of drug-likeness (QED) is 0.943. The van der Waals surface area contributed by atoms with E-state index in [1.54, 1.807) is 18.3 Å². The summed E-state index contributed by atoms with van der Waals surface area (Å²) >= 11 is 7.37. The van der Waals surface area contributed by atoms with E-state index in [4.69, 9.17) is 11.6 Å². The molecule has 0 radical (unpaired) electrons. The second-order valence-corrected chi connectivity index (χ2v) is 6.44. The van der Waals surface area contributed by atoms with Crippen LogP contribution in [0.5, 0.6) is 0 Å². The van der Waals surface area contributed by atoms with Gasteiger partial charge in [-0.05, 0) is 30.5 Å². The zero-order valence-corrected chi connectivity index (χ0v) is 12.2. The van der Waals surface area contributed by atoms with E-state index in [1.165, 1.54) is 11.3 Å². The SMILES string of the molecule is O=C(O)c1cccc2c1CCCN2Cc1ncc(Cl)s1. The third-order valence-corrected chi connectivity index (χ3v) is 4.53. The maximum atomic E-state index is 11.3. The summed E-state index contributed by atoms with van der Waals surface area (Å²) in [5.74, 6) is -0.860. The maximum absolute atomic E-state index is 11.3. The Balaban J connectivity index is 1.94. The van der Waals surface area contributed by atoms with Gasteiger partial charge in [-0.25, -0.2) is 9.78 Å². The lowest BCUT2D eigenvalue weighted by Crippen LogP contribution is -2.29. The molecule has 0 bridgehead atoms. The lowest BCUT2D eigenvalue weighted by molar-refractivity contribution is 0.0695. The van der Waals surface area contributed by atoms with E-state index in [9.17, 15) is 9.90 Å². The van der Waals surface area contributed by atoms with Crippen LogP contribution in [0.1, 0.15) is 27.3 Å². The Hall–Kier alpha value is -1.59. The van der Waals surface area contributed by atoms with Gasteiger partial charge in [0.2, 0.25) is 0 Å². The third-order valence-electron chi connectivity index (χ3n) is 3.43. The molecular formula is C14H13ClN2O2S. The zero-order valence-electron chi connectivity index (χ0n) is 10.7. The van der Waals surface area contributed by atoms with Gasteiger partial charge >= 0.3 is 5.97 Å². The number of halogens is 1. The fourth-order valence-corrected chi connectivity index (χ4v) is 3.56. The van der Waals surface area contributed by atoms with Crippen LogP contribution in [0.2, 0.25) is 4.34 Å². The number of nitrogens with zero attached hydrogens (tertiary/aromatic N) is 2. The lowest BCUT2D eigenvalue weighted by Gasteiger charge is -2.31. The van der Waals surface area contributed by atoms with Crippen molar-refractivity contribution in [1.29, 1.82) is 0 Å². The Labute approximate surface area is 125 Å². The minimum Gasteiger partial charge on any atom is -0.478 e. The minimum absolute atomic E-state index is 0.407. The maximum Gasteiger partial charge on any atom is 0.336 e. The largest absolute Gasteiger partial charge is 0.478 e. The van der Waals surface area contributed by atoms with Crippen molar-refractivity contribution >= 4 is 34.6 Å². The van der Waals surface area contributed by atoms with Crippen LogP contribution in [0.15, 0.2) is 24.4 Å². The molecule has 1 aromatic carbocycles. The Morgan fingerprint density at radius 3 is 3.05 bits per heavy atom. The Morgan fingerprint density at radius 1 is 1.50 bits per heavy atom. The Kier molecular flexibility index (Phi) is 3.63. The molecule has 0 unspecified atom stereocenters. The standard InChI is InChI=1S/C14H13ClN2O2S/c15-12-7-16-13(20-12)8-17-6-2-4-9-10(14(18)19)3-1-5-11(9)17/h1,3,5,7H,2,4,6,8H2,(H,18,19). The average molecular weight is 309 g/mol. The van der Waals surface area contributed by atoms with Gasteiger partial charge in [-0.1, -0.05) is 17.7 Å². The predicted octanol–water partition coefficient (Wildman–Crippen LogP) is 3.45. The van der Waals surface area contributed by atoms with Crippen molar-refractivity contribution in [2.24, 2.45) is 0 Å². The lowest BCUT2D eigenvalue weighted by atomic mass is 9.96. The summed E-state index contributed by atoms with van der Waals surface area (Å²) in [6, 6.07) is 5.45. The van der Waals surface area contributed by atoms with Crippen molar-refractivity contribution in [2.75, 3.05) is 11.4 Å². The van der Waals surface area contributed by atoms with E-state index < -0.39 is 5.97 Å². The molecule has 0 saturated carbocycles. The Morgan fingerprint density at radius 2 is 2.35 bits per heavy atom. The molecule has 0 saturated heterocycles. The second kappa shape index (κ2) is 5.42. The fourth-order valence-electron chi connectivity index (χ4n) is 2.59. The molecule has 1 aliphatic rings. The first-order chi connectivity index (χ1) is 9.65. The second-order valence-electron chi connectivity index (χ2n) is 4.69. The normalized spacial score (nSPS) is 14.2. The van der Waals surface area contributed by atoms with Crippen LogP contribution >= 0.6 is 22.9 Å². The summed E-state index contributed by atoms with van der Waals surface area (Å²) in [5, 5.41) is 10.2. The Bertz CT molecular complexity index is 656. The molecule has 104 valence electrons. The fraction of sp³-hybridized carbons (Fsp3) is 0.286. The summed E-state index contributed by atoms with van der Waals surface area (Å²) < 4.78 is 0.677. The molecule has 2 heterocycles. The number of fused-ring (bicyclic) bond motifs is 1. The van der Waals surface area contributed by atoms with Gasteiger partial charge in [0.05, 0.1) is 18.3 Å². The molecule has 20 heavy (non-hydrogen) atoms. The van der Waals surface area contributed by atoms with Gasteiger partial charge < -0.3 is 10.0 Å². The van der Waals surface area contributed by atoms with Crippen molar-refractivity contribution in [1.82, 2.24) is 4.98 Å². The van der Waals surface area contributed by atoms with E-state index in [2.05, 4.69) is 9.88 Å². The van der Waals surface area contributed by atoms with Crippen LogP contribution in [-0.4, -0.2) is 22.6 Å². The zero-order chi connectivity index (χ0) is 14.1. The van der Waals surface area contributed by atoms with E-state index in [0.717, 1.165) is 35.6 Å². The number of rotatable bonds is 3. The predicted molar refractivity (Wildman–Crippen MR) is 79.9 cm³/mol. The molecule has 1 aromatic heterocycles. The van der Waals surface area contributed by atoms with Gasteiger partial charge in [-0.15, -0.1) is 11.3 Å². The molecule has 1 aliphatic heterocycles. The van der Waals surface area contributed by atoms with E-state index in [1.807, 2.05) is 6.07 Å². The number of anilines is 1. The van der Waals surface area contributed by atoms with Gasteiger partial charge in [0.1, 0.15) is 9.34 Å². The highest BCUT2D eigenvalue weighted by Crippen LogP contribution is 2.32. The van der Waals surface area contributed by atoms with Crippen LogP contribution in [0.3, 0.4) is 0 Å². The third kappa shape index (κ3) is 2.51. The monoisotopic (exact) mass is 308 g/mol. The molecule has 6 heteroatoms. The molecule has 1 N–H and O–H groups in total. The van der Waals surface area contributed by atoms with Gasteiger partial charge in [-0.2, -0.15) is 0 Å². The molecule has 0 fully saturated rings. The number of thiazole rings is 1. The number of aromatic nitrogens is 1. The first-order valence-corrected chi connectivity index (χ1v) is 7.55. The number of hydrogen-bond acceptors (Lipinski definition) is 4. The van der Waals surface area contributed by atoms with Crippen molar-refractivity contribution in [3.63, 3.8) is 0 Å². The minimum atomic E-state index is -0.860. The van der Waals surface area contributed by atoms with E-state index in [-0.39, 0.29) is 0 Å². The van der Waals surface area contributed by atoms with Crippen LogP contribution in [0, 0.1) is 0 Å². The van der Waals surface area contributed by atoms with Crippen molar-refractivity contribution in [2.45, 2.75) is 19.4 Å². The van der Waals surface area contributed by atoms with Crippen molar-refractivity contribution in [3.8, 4) is 0 Å². The summed E-state index contributed by atoms with van der Waals surface area (Å²) in [6.07, 6.45) is 3.42. The van der Waals surface area contributed by atoms with Crippen molar-refractivity contribution in [3.05, 3.63) is 44.9 Å². The molecule has 0 aliphatic carbocycles. The van der Waals surface area contributed by atoms with Gasteiger partial charge in [0, 0.05) is 12.2 Å². The summed E-state index contributed by atoms with van der Waals surface area (Å²) in [7, 11) is 0. The number of benzene rings is 1. The first-order valence-electron chi connectivity index (χ1n) is 6.35. The number of carboxylic acid groups (broad SMARTS) is 1. The highest BCUT2D eigenvalue weighted by molar-refractivity contribution is 7.15. The smallest absolute Gasteiger partial charge is 0.336 e.